The maximum atomic E-state index is 4.62. The van der Waals surface area contributed by atoms with Gasteiger partial charge in [0.05, 0.1) is 10.6 Å². The van der Waals surface area contributed by atoms with Crippen LogP contribution in [-0.2, 0) is 0 Å². The number of hydrogen-bond donors (Lipinski definition) is 0. The molecule has 0 saturated heterocycles. The van der Waals surface area contributed by atoms with Crippen molar-refractivity contribution in [2.75, 3.05) is 0 Å². The second-order valence-electron chi connectivity index (χ2n) is 4.97. The van der Waals surface area contributed by atoms with Crippen LogP contribution in [0.25, 0.3) is 28.8 Å². The second kappa shape index (κ2) is 8.50. The molecule has 0 atom stereocenters. The van der Waals surface area contributed by atoms with E-state index in [2.05, 4.69) is 63.2 Å². The molecular weight excluding hydrogens is 286 g/mol. The van der Waals surface area contributed by atoms with Crippen LogP contribution in [0.3, 0.4) is 0 Å². The van der Waals surface area contributed by atoms with Crippen LogP contribution >= 0.6 is 11.3 Å². The fraction of sp³-hybridized carbons (Fsp3) is 0.250. The summed E-state index contributed by atoms with van der Waals surface area (Å²) >= 11 is 1.65. The number of aryl methyl sites for hydroxylation is 1. The third kappa shape index (κ3) is 4.28. The Morgan fingerprint density at radius 1 is 1.14 bits per heavy atom. The van der Waals surface area contributed by atoms with Gasteiger partial charge in [0, 0.05) is 5.56 Å². The molecule has 0 N–H and O–H groups in total. The van der Waals surface area contributed by atoms with Gasteiger partial charge < -0.3 is 0 Å². The van der Waals surface area contributed by atoms with Gasteiger partial charge in [0.1, 0.15) is 5.01 Å². The smallest absolute Gasteiger partial charge is 0.124 e. The van der Waals surface area contributed by atoms with Crippen LogP contribution < -0.4 is 0 Å². The zero-order chi connectivity index (χ0) is 16.7. The van der Waals surface area contributed by atoms with Crippen molar-refractivity contribution in [1.82, 2.24) is 4.98 Å². The molecule has 0 bridgehead atoms. The van der Waals surface area contributed by atoms with Gasteiger partial charge in [-0.25, -0.2) is 4.98 Å². The maximum absolute atomic E-state index is 4.62. The molecule has 0 spiro atoms. The molecule has 0 fully saturated rings. The van der Waals surface area contributed by atoms with Gasteiger partial charge in [0.2, 0.25) is 0 Å². The van der Waals surface area contributed by atoms with E-state index >= 15 is 0 Å². The minimum Gasteiger partial charge on any atom is -0.236 e. The van der Waals surface area contributed by atoms with Crippen molar-refractivity contribution in [3.05, 3.63) is 58.6 Å². The molecule has 2 heteroatoms. The highest BCUT2D eigenvalue weighted by atomic mass is 32.1. The summed E-state index contributed by atoms with van der Waals surface area (Å²) < 4.78 is 0. The molecule has 0 saturated carbocycles. The second-order valence-corrected chi connectivity index (χ2v) is 6.00. The standard InChI is InChI=1S/C18H19NS.C2H6/c1-6-16-17(7-2)20-18(19-16)15-9-8-14(10-12(3)4)13(5)11-15;1-2/h6-11H,1-2H2,3-5H3;1-2H3. The Labute approximate surface area is 138 Å². The van der Waals surface area contributed by atoms with Crippen LogP contribution in [0.1, 0.15) is 49.4 Å². The minimum absolute atomic E-state index is 0.908. The van der Waals surface area contributed by atoms with E-state index in [0.717, 1.165) is 21.1 Å². The molecule has 2 aromatic rings. The summed E-state index contributed by atoms with van der Waals surface area (Å²) in [4.78, 5) is 5.69. The largest absolute Gasteiger partial charge is 0.236 e. The van der Waals surface area contributed by atoms with Gasteiger partial charge in [-0.2, -0.15) is 0 Å². The number of thiazole rings is 1. The van der Waals surface area contributed by atoms with E-state index in [9.17, 15) is 0 Å². The van der Waals surface area contributed by atoms with Crippen molar-refractivity contribution in [1.29, 1.82) is 0 Å². The predicted molar refractivity (Wildman–Crippen MR) is 103 cm³/mol. The molecule has 1 aromatic heterocycles. The first-order chi connectivity index (χ1) is 10.5. The highest BCUT2D eigenvalue weighted by molar-refractivity contribution is 7.16. The Kier molecular flexibility index (Phi) is 7.00. The molecule has 116 valence electrons. The van der Waals surface area contributed by atoms with Crippen molar-refractivity contribution in [2.24, 2.45) is 0 Å². The molecule has 0 aliphatic carbocycles. The van der Waals surface area contributed by atoms with Crippen LogP contribution in [0.15, 0.2) is 36.9 Å². The summed E-state index contributed by atoms with van der Waals surface area (Å²) in [6.07, 6.45) is 5.81. The Morgan fingerprint density at radius 3 is 2.27 bits per heavy atom. The normalized spacial score (nSPS) is 9.50. The highest BCUT2D eigenvalue weighted by Crippen LogP contribution is 2.31. The topological polar surface area (TPSA) is 12.9 Å². The zero-order valence-electron chi connectivity index (χ0n) is 14.2. The number of rotatable bonds is 4. The number of benzene rings is 1. The summed E-state index contributed by atoms with van der Waals surface area (Å²) in [5, 5.41) is 1.02. The van der Waals surface area contributed by atoms with Gasteiger partial charge in [-0.1, -0.05) is 50.8 Å². The molecular formula is C20H25NS. The van der Waals surface area contributed by atoms with Gasteiger partial charge in [0.15, 0.2) is 0 Å². The first-order valence-electron chi connectivity index (χ1n) is 7.56. The van der Waals surface area contributed by atoms with Crippen molar-refractivity contribution in [3.8, 4) is 10.6 Å². The lowest BCUT2D eigenvalue weighted by molar-refractivity contribution is 1.35. The number of allylic oxidation sites excluding steroid dienone is 1. The lowest BCUT2D eigenvalue weighted by atomic mass is 10.0. The van der Waals surface area contributed by atoms with Gasteiger partial charge in [-0.3, -0.25) is 0 Å². The summed E-state index contributed by atoms with van der Waals surface area (Å²) in [6.45, 7) is 18.0. The van der Waals surface area contributed by atoms with Gasteiger partial charge in [-0.15, -0.1) is 11.3 Å². The van der Waals surface area contributed by atoms with E-state index in [0.29, 0.717) is 0 Å². The van der Waals surface area contributed by atoms with Gasteiger partial charge in [-0.05, 0) is 50.1 Å². The fourth-order valence-corrected chi connectivity index (χ4v) is 2.96. The molecule has 0 radical (unpaired) electrons. The minimum atomic E-state index is 0.908. The monoisotopic (exact) mass is 311 g/mol. The molecule has 1 aromatic carbocycles. The Hall–Kier alpha value is -1.93. The SMILES string of the molecule is C=Cc1nc(-c2ccc(C=C(C)C)c(C)c2)sc1C=C.CC. The van der Waals surface area contributed by atoms with Crippen LogP contribution in [0.4, 0.5) is 0 Å². The molecule has 1 heterocycles. The maximum Gasteiger partial charge on any atom is 0.124 e. The summed E-state index contributed by atoms with van der Waals surface area (Å²) in [7, 11) is 0. The number of hydrogen-bond acceptors (Lipinski definition) is 2. The van der Waals surface area contributed by atoms with Crippen molar-refractivity contribution >= 4 is 29.6 Å². The van der Waals surface area contributed by atoms with Crippen LogP contribution in [0.2, 0.25) is 0 Å². The lowest BCUT2D eigenvalue weighted by Gasteiger charge is -2.04. The van der Waals surface area contributed by atoms with E-state index < -0.39 is 0 Å². The van der Waals surface area contributed by atoms with E-state index in [1.165, 1.54) is 16.7 Å². The lowest BCUT2D eigenvalue weighted by Crippen LogP contribution is -1.84. The van der Waals surface area contributed by atoms with Crippen molar-refractivity contribution in [2.45, 2.75) is 34.6 Å². The molecule has 2 rings (SSSR count). The summed E-state index contributed by atoms with van der Waals surface area (Å²) in [6, 6.07) is 6.47. The van der Waals surface area contributed by atoms with Crippen molar-refractivity contribution in [3.63, 3.8) is 0 Å². The summed E-state index contributed by atoms with van der Waals surface area (Å²) in [5.74, 6) is 0. The molecule has 0 unspecified atom stereocenters. The van der Waals surface area contributed by atoms with Crippen LogP contribution in [0.5, 0.6) is 0 Å². The third-order valence-electron chi connectivity index (χ3n) is 3.02. The molecule has 0 aliphatic rings. The van der Waals surface area contributed by atoms with Crippen LogP contribution in [-0.4, -0.2) is 4.98 Å². The van der Waals surface area contributed by atoms with Gasteiger partial charge >= 0.3 is 0 Å². The first-order valence-corrected chi connectivity index (χ1v) is 8.38. The van der Waals surface area contributed by atoms with E-state index in [-0.39, 0.29) is 0 Å². The van der Waals surface area contributed by atoms with Crippen LogP contribution in [0, 0.1) is 6.92 Å². The van der Waals surface area contributed by atoms with E-state index in [4.69, 9.17) is 0 Å². The highest BCUT2D eigenvalue weighted by Gasteiger charge is 2.09. The van der Waals surface area contributed by atoms with E-state index in [1.807, 2.05) is 19.9 Å². The Bertz CT molecular complexity index is 660. The average Bonchev–Trinajstić information content (AvgIpc) is 2.94. The predicted octanol–water partition coefficient (Wildman–Crippen LogP) is 6.85. The van der Waals surface area contributed by atoms with E-state index in [1.54, 1.807) is 17.4 Å². The third-order valence-corrected chi connectivity index (χ3v) is 4.14. The number of aromatic nitrogens is 1. The summed E-state index contributed by atoms with van der Waals surface area (Å²) in [5.41, 5.74) is 5.89. The Morgan fingerprint density at radius 2 is 1.82 bits per heavy atom. The Balaban J connectivity index is 0.00000116. The molecule has 1 nitrogen and oxygen atoms in total. The number of nitrogens with zero attached hydrogens (tertiary/aromatic N) is 1. The first kappa shape index (κ1) is 18.1. The molecule has 22 heavy (non-hydrogen) atoms. The fourth-order valence-electron chi connectivity index (χ4n) is 2.04. The molecule has 0 amide bonds. The quantitative estimate of drug-likeness (QED) is 0.601. The zero-order valence-corrected chi connectivity index (χ0v) is 15.1. The molecule has 0 aliphatic heterocycles. The van der Waals surface area contributed by atoms with Crippen molar-refractivity contribution < 1.29 is 0 Å². The average molecular weight is 311 g/mol. The van der Waals surface area contributed by atoms with Gasteiger partial charge in [0.25, 0.3) is 0 Å².